The lowest BCUT2D eigenvalue weighted by Crippen LogP contribution is -2.40. The highest BCUT2D eigenvalue weighted by Crippen LogP contribution is 2.25. The number of benzene rings is 2. The number of halogens is 2. The van der Waals surface area contributed by atoms with Gasteiger partial charge in [-0.2, -0.15) is 0 Å². The van der Waals surface area contributed by atoms with Crippen molar-refractivity contribution in [3.05, 3.63) is 63.2 Å². The summed E-state index contributed by atoms with van der Waals surface area (Å²) in [5.74, 6) is -2.17. The van der Waals surface area contributed by atoms with Crippen LogP contribution in [0.1, 0.15) is 22.5 Å². The largest absolute Gasteiger partial charge is 0.385 e. The lowest BCUT2D eigenvalue weighted by atomic mass is 10.2. The van der Waals surface area contributed by atoms with Gasteiger partial charge in [0.05, 0.1) is 5.52 Å². The molecular weight excluding hydrogens is 500 g/mol. The number of hydrogen-bond acceptors (Lipinski definition) is 4. The molecule has 3 aromatic rings. The van der Waals surface area contributed by atoms with Crippen LogP contribution in [0.25, 0.3) is 10.9 Å². The van der Waals surface area contributed by atoms with Gasteiger partial charge in [0.25, 0.3) is 5.91 Å². The molecule has 0 spiro atoms. The second-order valence-corrected chi connectivity index (χ2v) is 8.38. The molecule has 0 radical (unpaired) electrons. The highest BCUT2D eigenvalue weighted by atomic mass is 79.9. The maximum atomic E-state index is 13.1. The number of amides is 3. The SMILES string of the molecule is COCCCNC(=O)C(=O)Nn1c(C(=O)Nc2ccc(Br)cc2C)cc2cc(Cl)ccc21. The number of ether oxygens (including phenoxy) is 1. The van der Waals surface area contributed by atoms with Crippen molar-refractivity contribution in [3.63, 3.8) is 0 Å². The lowest BCUT2D eigenvalue weighted by Gasteiger charge is -2.13. The van der Waals surface area contributed by atoms with Gasteiger partial charge in [-0.3, -0.25) is 19.8 Å². The van der Waals surface area contributed by atoms with Gasteiger partial charge in [0.2, 0.25) is 0 Å². The minimum Gasteiger partial charge on any atom is -0.385 e. The number of carbonyl (C=O) groups excluding carboxylic acids is 3. The molecule has 10 heteroatoms. The molecular formula is C22H22BrClN4O4. The van der Waals surface area contributed by atoms with Crippen LogP contribution < -0.4 is 16.1 Å². The molecule has 8 nitrogen and oxygen atoms in total. The number of aryl methyl sites for hydroxylation is 1. The Morgan fingerprint density at radius 3 is 2.59 bits per heavy atom. The fourth-order valence-electron chi connectivity index (χ4n) is 3.08. The number of carbonyl (C=O) groups is 3. The van der Waals surface area contributed by atoms with Crippen LogP contribution in [0.4, 0.5) is 5.69 Å². The molecule has 0 fully saturated rings. The number of nitrogens with one attached hydrogen (secondary N) is 3. The number of aromatic nitrogens is 1. The van der Waals surface area contributed by atoms with E-state index in [1.165, 1.54) is 4.68 Å². The Balaban J connectivity index is 1.87. The molecule has 0 aliphatic rings. The molecule has 3 amide bonds. The Kier molecular flexibility index (Phi) is 7.89. The third kappa shape index (κ3) is 5.67. The van der Waals surface area contributed by atoms with Gasteiger partial charge in [-0.05, 0) is 61.4 Å². The topological polar surface area (TPSA) is 101 Å². The Hall–Kier alpha value is -2.88. The fraction of sp³-hybridized carbons (Fsp3) is 0.227. The molecule has 0 saturated heterocycles. The Morgan fingerprint density at radius 1 is 1.09 bits per heavy atom. The van der Waals surface area contributed by atoms with E-state index in [9.17, 15) is 14.4 Å². The van der Waals surface area contributed by atoms with E-state index in [1.807, 2.05) is 19.1 Å². The van der Waals surface area contributed by atoms with Gasteiger partial charge in [0.15, 0.2) is 0 Å². The average molecular weight is 522 g/mol. The third-order valence-corrected chi connectivity index (χ3v) is 5.39. The zero-order valence-electron chi connectivity index (χ0n) is 17.5. The first kappa shape index (κ1) is 23.8. The summed E-state index contributed by atoms with van der Waals surface area (Å²) in [6, 6.07) is 12.0. The monoisotopic (exact) mass is 520 g/mol. The van der Waals surface area contributed by atoms with Crippen molar-refractivity contribution in [3.8, 4) is 0 Å². The van der Waals surface area contributed by atoms with Crippen LogP contribution >= 0.6 is 27.5 Å². The first-order valence-corrected chi connectivity index (χ1v) is 10.9. The first-order chi connectivity index (χ1) is 15.3. The number of rotatable bonds is 7. The molecule has 32 heavy (non-hydrogen) atoms. The molecule has 0 atom stereocenters. The first-order valence-electron chi connectivity index (χ1n) is 9.77. The molecule has 0 saturated carbocycles. The summed E-state index contributed by atoms with van der Waals surface area (Å²) in [6.45, 7) is 2.62. The molecule has 0 aliphatic carbocycles. The molecule has 3 rings (SSSR count). The molecule has 1 aromatic heterocycles. The van der Waals surface area contributed by atoms with Crippen molar-refractivity contribution in [2.45, 2.75) is 13.3 Å². The van der Waals surface area contributed by atoms with Gasteiger partial charge in [0, 0.05) is 40.8 Å². The normalized spacial score (nSPS) is 10.8. The van der Waals surface area contributed by atoms with Gasteiger partial charge < -0.3 is 15.4 Å². The summed E-state index contributed by atoms with van der Waals surface area (Å²) in [7, 11) is 1.56. The zero-order valence-corrected chi connectivity index (χ0v) is 19.8. The molecule has 0 unspecified atom stereocenters. The predicted molar refractivity (Wildman–Crippen MR) is 128 cm³/mol. The average Bonchev–Trinajstić information content (AvgIpc) is 3.10. The van der Waals surface area contributed by atoms with E-state index in [0.717, 1.165) is 10.0 Å². The minimum atomic E-state index is -0.899. The smallest absolute Gasteiger partial charge is 0.328 e. The van der Waals surface area contributed by atoms with Gasteiger partial charge >= 0.3 is 11.8 Å². The summed E-state index contributed by atoms with van der Waals surface area (Å²) in [5, 5.41) is 6.47. The molecule has 0 bridgehead atoms. The van der Waals surface area contributed by atoms with Crippen molar-refractivity contribution in [2.75, 3.05) is 31.0 Å². The van der Waals surface area contributed by atoms with Gasteiger partial charge in [0.1, 0.15) is 5.69 Å². The highest BCUT2D eigenvalue weighted by Gasteiger charge is 2.21. The van der Waals surface area contributed by atoms with Crippen molar-refractivity contribution in [1.29, 1.82) is 0 Å². The van der Waals surface area contributed by atoms with Crippen molar-refractivity contribution in [2.24, 2.45) is 0 Å². The lowest BCUT2D eigenvalue weighted by molar-refractivity contribution is -0.136. The van der Waals surface area contributed by atoms with Crippen LogP contribution in [0.15, 0.2) is 46.9 Å². The molecule has 168 valence electrons. The minimum absolute atomic E-state index is 0.144. The van der Waals surface area contributed by atoms with Crippen molar-refractivity contribution in [1.82, 2.24) is 9.99 Å². The second kappa shape index (κ2) is 10.6. The van der Waals surface area contributed by atoms with Crippen LogP contribution in [-0.4, -0.2) is 42.7 Å². The Labute approximate surface area is 198 Å². The Bertz CT molecular complexity index is 1180. The number of methoxy groups -OCH3 is 1. The number of fused-ring (bicyclic) bond motifs is 1. The zero-order chi connectivity index (χ0) is 23.3. The molecule has 1 heterocycles. The fourth-order valence-corrected chi connectivity index (χ4v) is 3.73. The summed E-state index contributed by atoms with van der Waals surface area (Å²) in [5.41, 5.74) is 4.65. The van der Waals surface area contributed by atoms with Crippen molar-refractivity contribution < 1.29 is 19.1 Å². The van der Waals surface area contributed by atoms with E-state index in [1.54, 1.807) is 37.4 Å². The van der Waals surface area contributed by atoms with E-state index in [4.69, 9.17) is 16.3 Å². The Morgan fingerprint density at radius 2 is 1.88 bits per heavy atom. The number of hydrogen-bond donors (Lipinski definition) is 3. The second-order valence-electron chi connectivity index (χ2n) is 7.02. The molecule has 0 aliphatic heterocycles. The summed E-state index contributed by atoms with van der Waals surface area (Å²) < 4.78 is 7.09. The van der Waals surface area contributed by atoms with Gasteiger partial charge in [-0.15, -0.1) is 0 Å². The maximum absolute atomic E-state index is 13.1. The van der Waals surface area contributed by atoms with Crippen LogP contribution in [0.2, 0.25) is 5.02 Å². The maximum Gasteiger partial charge on any atom is 0.328 e. The van der Waals surface area contributed by atoms with Gasteiger partial charge in [-0.25, -0.2) is 4.68 Å². The summed E-state index contributed by atoms with van der Waals surface area (Å²) in [6.07, 6.45) is 0.570. The number of anilines is 1. The van der Waals surface area contributed by atoms with E-state index >= 15 is 0 Å². The highest BCUT2D eigenvalue weighted by molar-refractivity contribution is 9.10. The van der Waals surface area contributed by atoms with Crippen LogP contribution in [0.3, 0.4) is 0 Å². The van der Waals surface area contributed by atoms with E-state index in [0.29, 0.717) is 34.6 Å². The van der Waals surface area contributed by atoms with E-state index in [2.05, 4.69) is 32.0 Å². The van der Waals surface area contributed by atoms with Crippen LogP contribution in [0.5, 0.6) is 0 Å². The van der Waals surface area contributed by atoms with Crippen LogP contribution in [0, 0.1) is 6.92 Å². The summed E-state index contributed by atoms with van der Waals surface area (Å²) in [4.78, 5) is 37.7. The third-order valence-electron chi connectivity index (χ3n) is 4.66. The molecule has 3 N–H and O–H groups in total. The van der Waals surface area contributed by atoms with E-state index < -0.39 is 17.7 Å². The standard InChI is InChI=1S/C22H22BrClN4O4/c1-13-10-15(23)4-6-17(13)26-20(29)19-12-14-11-16(24)5-7-18(14)28(19)27-22(31)21(30)25-8-3-9-32-2/h4-7,10-12H,3,8-9H2,1-2H3,(H,25,30)(H,26,29)(H,27,31). The predicted octanol–water partition coefficient (Wildman–Crippen LogP) is 3.84. The van der Waals surface area contributed by atoms with E-state index in [-0.39, 0.29) is 12.2 Å². The summed E-state index contributed by atoms with van der Waals surface area (Å²) >= 11 is 9.48. The molecule has 2 aromatic carbocycles. The quantitative estimate of drug-likeness (QED) is 0.325. The van der Waals surface area contributed by atoms with Gasteiger partial charge in [-0.1, -0.05) is 27.5 Å². The van der Waals surface area contributed by atoms with Crippen molar-refractivity contribution >= 4 is 61.8 Å². The van der Waals surface area contributed by atoms with Crippen LogP contribution in [-0.2, 0) is 14.3 Å². The number of nitrogens with zero attached hydrogens (tertiary/aromatic N) is 1.